The zero-order valence-electron chi connectivity index (χ0n) is 22.0. The van der Waals surface area contributed by atoms with Crippen LogP contribution in [-0.4, -0.2) is 27.3 Å². The summed E-state index contributed by atoms with van der Waals surface area (Å²) >= 11 is 1.55. The van der Waals surface area contributed by atoms with Gasteiger partial charge in [-0.15, -0.1) is 5.10 Å². The first-order valence-corrected chi connectivity index (χ1v) is 13.7. The zero-order chi connectivity index (χ0) is 27.2. The molecule has 0 bridgehead atoms. The van der Waals surface area contributed by atoms with Crippen LogP contribution < -0.4 is 10.1 Å². The summed E-state index contributed by atoms with van der Waals surface area (Å²) in [4.78, 5) is 17.9. The molecule has 1 atom stereocenters. The molecule has 0 amide bonds. The van der Waals surface area contributed by atoms with Crippen LogP contribution in [0.25, 0.3) is 0 Å². The number of thioether (sulfide) groups is 1. The molecule has 0 aliphatic carbocycles. The van der Waals surface area contributed by atoms with Gasteiger partial charge in [-0.25, -0.2) is 9.48 Å². The molecule has 1 unspecified atom stereocenters. The van der Waals surface area contributed by atoms with Crippen LogP contribution in [0.5, 0.6) is 5.75 Å². The highest BCUT2D eigenvalue weighted by atomic mass is 32.2. The molecular weight excluding hydrogens is 508 g/mol. The Labute approximate surface area is 232 Å². The van der Waals surface area contributed by atoms with Crippen molar-refractivity contribution in [2.75, 3.05) is 11.9 Å². The minimum atomic E-state index is -0.511. The summed E-state index contributed by atoms with van der Waals surface area (Å²) < 4.78 is 13.2. The molecule has 0 saturated carbocycles. The number of ether oxygens (including phenoxy) is 2. The predicted octanol–water partition coefficient (Wildman–Crippen LogP) is 6.48. The lowest BCUT2D eigenvalue weighted by molar-refractivity contribution is -0.138. The lowest BCUT2D eigenvalue weighted by Gasteiger charge is -2.28. The van der Waals surface area contributed by atoms with E-state index >= 15 is 0 Å². The van der Waals surface area contributed by atoms with Crippen LogP contribution >= 0.6 is 11.8 Å². The number of carbonyl (C=O) groups excluding carboxylic acids is 1. The number of benzene rings is 3. The predicted molar refractivity (Wildman–Crippen MR) is 154 cm³/mol. The van der Waals surface area contributed by atoms with Gasteiger partial charge in [-0.3, -0.25) is 0 Å². The number of nitrogens with zero attached hydrogens (tertiary/aromatic N) is 3. The van der Waals surface area contributed by atoms with Gasteiger partial charge in [0.15, 0.2) is 0 Å². The lowest BCUT2D eigenvalue weighted by atomic mass is 9.96. The normalized spacial score (nSPS) is 14.4. The summed E-state index contributed by atoms with van der Waals surface area (Å²) in [5.74, 6) is 1.63. The standard InChI is InChI=1S/C31H30N4O3S/c1-4-18-37-29(36)27-22(3)32-30-33-31(39-20-24-8-6-5-7-9-24)34-35(30)28(27)25-14-16-26(17-15-25)38-19-23-12-10-21(2)11-13-23/h4-17,28H,1,18-20H2,2-3H3,(H,32,33,34). The van der Waals surface area contributed by atoms with E-state index in [0.717, 1.165) is 22.6 Å². The number of rotatable bonds is 10. The van der Waals surface area contributed by atoms with Crippen LogP contribution in [0.4, 0.5) is 5.95 Å². The minimum absolute atomic E-state index is 0.122. The highest BCUT2D eigenvalue weighted by Crippen LogP contribution is 2.37. The summed E-state index contributed by atoms with van der Waals surface area (Å²) in [5.41, 5.74) is 5.51. The van der Waals surface area contributed by atoms with Gasteiger partial charge in [0, 0.05) is 11.4 Å². The van der Waals surface area contributed by atoms with E-state index in [2.05, 4.69) is 55.2 Å². The van der Waals surface area contributed by atoms with Crippen molar-refractivity contribution < 1.29 is 14.3 Å². The third kappa shape index (κ3) is 6.23. The second kappa shape index (κ2) is 12.0. The Kier molecular flexibility index (Phi) is 8.13. The number of carbonyl (C=O) groups is 1. The quantitative estimate of drug-likeness (QED) is 0.141. The van der Waals surface area contributed by atoms with Crippen molar-refractivity contribution in [1.82, 2.24) is 14.8 Å². The Balaban J connectivity index is 1.41. The molecule has 0 spiro atoms. The molecule has 1 aromatic heterocycles. The Morgan fingerprint density at radius 2 is 1.77 bits per heavy atom. The summed E-state index contributed by atoms with van der Waals surface area (Å²) in [6.45, 7) is 8.17. The molecule has 1 N–H and O–H groups in total. The maximum atomic E-state index is 13.2. The first kappa shape index (κ1) is 26.3. The highest BCUT2D eigenvalue weighted by molar-refractivity contribution is 7.98. The van der Waals surface area contributed by atoms with E-state index in [1.165, 1.54) is 11.1 Å². The van der Waals surface area contributed by atoms with E-state index in [0.29, 0.717) is 29.0 Å². The number of nitrogens with one attached hydrogen (secondary N) is 1. The molecular formula is C31H30N4O3S. The fraction of sp³-hybridized carbons (Fsp3) is 0.194. The van der Waals surface area contributed by atoms with Crippen LogP contribution in [0.15, 0.2) is 108 Å². The van der Waals surface area contributed by atoms with Gasteiger partial charge in [-0.2, -0.15) is 4.98 Å². The number of hydrogen-bond donors (Lipinski definition) is 1. The Morgan fingerprint density at radius 1 is 1.03 bits per heavy atom. The van der Waals surface area contributed by atoms with Crippen molar-refractivity contribution in [3.05, 3.63) is 125 Å². The molecule has 39 heavy (non-hydrogen) atoms. The van der Waals surface area contributed by atoms with Gasteiger partial charge in [-0.1, -0.05) is 96.7 Å². The maximum Gasteiger partial charge on any atom is 0.338 e. The molecule has 198 valence electrons. The fourth-order valence-electron chi connectivity index (χ4n) is 4.30. The Morgan fingerprint density at radius 3 is 2.49 bits per heavy atom. The van der Waals surface area contributed by atoms with Crippen LogP contribution in [0.3, 0.4) is 0 Å². The summed E-state index contributed by atoms with van der Waals surface area (Å²) in [7, 11) is 0. The number of hydrogen-bond acceptors (Lipinski definition) is 7. The van der Waals surface area contributed by atoms with Crippen molar-refractivity contribution in [3.8, 4) is 5.75 Å². The SMILES string of the molecule is C=CCOC(=O)C1=C(C)Nc2nc(SCc3ccccc3)nn2C1c1ccc(OCc2ccc(C)cc2)cc1. The minimum Gasteiger partial charge on any atom is -0.489 e. The van der Waals surface area contributed by atoms with Gasteiger partial charge < -0.3 is 14.8 Å². The second-order valence-electron chi connectivity index (χ2n) is 9.23. The molecule has 0 radical (unpaired) electrons. The molecule has 1 aliphatic rings. The first-order chi connectivity index (χ1) is 19.0. The zero-order valence-corrected chi connectivity index (χ0v) is 22.8. The van der Waals surface area contributed by atoms with Gasteiger partial charge >= 0.3 is 5.97 Å². The van der Waals surface area contributed by atoms with Crippen LogP contribution in [0, 0.1) is 6.92 Å². The molecule has 8 heteroatoms. The Bertz CT molecular complexity index is 1480. The summed E-state index contributed by atoms with van der Waals surface area (Å²) in [6.07, 6.45) is 1.55. The van der Waals surface area contributed by atoms with E-state index < -0.39 is 12.0 Å². The monoisotopic (exact) mass is 538 g/mol. The van der Waals surface area contributed by atoms with Crippen molar-refractivity contribution >= 4 is 23.7 Å². The molecule has 0 saturated heterocycles. The molecule has 4 aromatic rings. The van der Waals surface area contributed by atoms with E-state index in [4.69, 9.17) is 19.6 Å². The van der Waals surface area contributed by atoms with E-state index in [1.807, 2.05) is 49.4 Å². The lowest BCUT2D eigenvalue weighted by Crippen LogP contribution is -2.29. The van der Waals surface area contributed by atoms with Gasteiger partial charge in [0.05, 0.1) is 5.57 Å². The third-order valence-corrected chi connectivity index (χ3v) is 7.23. The number of aromatic nitrogens is 3. The average molecular weight is 539 g/mol. The van der Waals surface area contributed by atoms with Crippen molar-refractivity contribution in [3.63, 3.8) is 0 Å². The van der Waals surface area contributed by atoms with Crippen molar-refractivity contribution in [1.29, 1.82) is 0 Å². The highest BCUT2D eigenvalue weighted by Gasteiger charge is 2.35. The maximum absolute atomic E-state index is 13.2. The fourth-order valence-corrected chi connectivity index (χ4v) is 5.08. The third-order valence-electron chi connectivity index (χ3n) is 6.32. The summed E-state index contributed by atoms with van der Waals surface area (Å²) in [6, 6.07) is 25.7. The van der Waals surface area contributed by atoms with E-state index in [9.17, 15) is 4.79 Å². The number of aryl methyl sites for hydroxylation is 1. The number of esters is 1. The van der Waals surface area contributed by atoms with E-state index in [1.54, 1.807) is 22.5 Å². The average Bonchev–Trinajstić information content (AvgIpc) is 3.37. The van der Waals surface area contributed by atoms with Gasteiger partial charge in [0.2, 0.25) is 11.1 Å². The van der Waals surface area contributed by atoms with Crippen LogP contribution in [-0.2, 0) is 21.9 Å². The molecule has 1 aliphatic heterocycles. The second-order valence-corrected chi connectivity index (χ2v) is 10.2. The Hall–Kier alpha value is -4.30. The van der Waals surface area contributed by atoms with Gasteiger partial charge in [-0.05, 0) is 42.7 Å². The molecule has 3 aromatic carbocycles. The molecule has 5 rings (SSSR count). The van der Waals surface area contributed by atoms with E-state index in [-0.39, 0.29) is 6.61 Å². The smallest absolute Gasteiger partial charge is 0.338 e. The van der Waals surface area contributed by atoms with Crippen molar-refractivity contribution in [2.24, 2.45) is 0 Å². The number of fused-ring (bicyclic) bond motifs is 1. The van der Waals surface area contributed by atoms with Crippen molar-refractivity contribution in [2.45, 2.75) is 37.4 Å². The summed E-state index contributed by atoms with van der Waals surface area (Å²) in [5, 5.41) is 8.66. The van der Waals surface area contributed by atoms with Crippen LogP contribution in [0.2, 0.25) is 0 Å². The van der Waals surface area contributed by atoms with Gasteiger partial charge in [0.25, 0.3) is 0 Å². The first-order valence-electron chi connectivity index (χ1n) is 12.7. The van der Waals surface area contributed by atoms with Gasteiger partial charge in [0.1, 0.15) is 25.0 Å². The largest absolute Gasteiger partial charge is 0.489 e. The molecule has 0 fully saturated rings. The topological polar surface area (TPSA) is 78.3 Å². The van der Waals surface area contributed by atoms with Crippen LogP contribution in [0.1, 0.15) is 35.2 Å². The number of anilines is 1. The number of allylic oxidation sites excluding steroid dienone is 1. The molecule has 7 nitrogen and oxygen atoms in total. The molecule has 2 heterocycles.